The summed E-state index contributed by atoms with van der Waals surface area (Å²) in [7, 11) is 0. The number of amides is 1. The molecule has 1 fully saturated rings. The fourth-order valence-corrected chi connectivity index (χ4v) is 3.28. The number of carboxylic acids is 1. The predicted molar refractivity (Wildman–Crippen MR) is 119 cm³/mol. The molecule has 1 saturated heterocycles. The van der Waals surface area contributed by atoms with E-state index in [1.807, 2.05) is 45.1 Å². The molecule has 7 nitrogen and oxygen atoms in total. The lowest BCUT2D eigenvalue weighted by molar-refractivity contribution is -0.324. The van der Waals surface area contributed by atoms with Gasteiger partial charge in [-0.2, -0.15) is 0 Å². The molecule has 176 valence electrons. The third-order valence-corrected chi connectivity index (χ3v) is 5.33. The summed E-state index contributed by atoms with van der Waals surface area (Å²) in [6, 6.07) is -1.28. The summed E-state index contributed by atoms with van der Waals surface area (Å²) in [5.74, 6) is -3.75. The first-order valence-electron chi connectivity index (χ1n) is 10.7. The van der Waals surface area contributed by atoms with Crippen molar-refractivity contribution in [2.75, 3.05) is 0 Å². The maximum absolute atomic E-state index is 12.4. The second-order valence-corrected chi connectivity index (χ2v) is 8.63. The molecule has 1 heterocycles. The van der Waals surface area contributed by atoms with E-state index in [-0.39, 0.29) is 5.92 Å². The number of ketones is 1. The molecule has 1 aliphatic heterocycles. The van der Waals surface area contributed by atoms with E-state index in [1.54, 1.807) is 6.08 Å². The molecule has 0 aromatic carbocycles. The highest BCUT2D eigenvalue weighted by atomic mass is 16.4. The zero-order valence-corrected chi connectivity index (χ0v) is 19.4. The monoisotopic (exact) mass is 443 g/mol. The number of carbonyl (C=O) groups excluding carboxylic acids is 3. The number of allylic oxidation sites excluding steroid dienone is 8. The third-order valence-electron chi connectivity index (χ3n) is 5.33. The van der Waals surface area contributed by atoms with E-state index in [9.17, 15) is 29.7 Å². The van der Waals surface area contributed by atoms with E-state index >= 15 is 0 Å². The van der Waals surface area contributed by atoms with Crippen LogP contribution < -0.4 is 15.5 Å². The second-order valence-electron chi connectivity index (χ2n) is 8.63. The maximum atomic E-state index is 12.4. The minimum Gasteiger partial charge on any atom is -0.872 e. The summed E-state index contributed by atoms with van der Waals surface area (Å²) >= 11 is 0. The average molecular weight is 444 g/mol. The average Bonchev–Trinajstić information content (AvgIpc) is 2.97. The van der Waals surface area contributed by atoms with Crippen molar-refractivity contribution in [3.8, 4) is 0 Å². The predicted octanol–water partition coefficient (Wildman–Crippen LogP) is 1.25. The van der Waals surface area contributed by atoms with Crippen LogP contribution in [0.5, 0.6) is 0 Å². The number of Topliss-reactive ketones (excluding diaryl/α,β-unsaturated/α-hetero) is 1. The molecule has 0 aliphatic carbocycles. The molecule has 0 aromatic rings. The van der Waals surface area contributed by atoms with Gasteiger partial charge >= 0.3 is 0 Å². The first kappa shape index (κ1) is 27.1. The zero-order valence-electron chi connectivity index (χ0n) is 19.4. The van der Waals surface area contributed by atoms with Crippen molar-refractivity contribution in [1.29, 1.82) is 0 Å². The van der Waals surface area contributed by atoms with Gasteiger partial charge in [-0.05, 0) is 45.4 Å². The van der Waals surface area contributed by atoms with Crippen molar-refractivity contribution < 1.29 is 29.7 Å². The van der Waals surface area contributed by atoms with Crippen LogP contribution in [0.25, 0.3) is 0 Å². The van der Waals surface area contributed by atoms with Crippen LogP contribution in [0.15, 0.2) is 59.4 Å². The van der Waals surface area contributed by atoms with E-state index in [2.05, 4.69) is 18.3 Å². The number of aliphatic hydroxyl groups is 1. The Morgan fingerprint density at radius 1 is 1.22 bits per heavy atom. The summed E-state index contributed by atoms with van der Waals surface area (Å²) in [4.78, 5) is 35.4. The molecular weight excluding hydrogens is 410 g/mol. The summed E-state index contributed by atoms with van der Waals surface area (Å²) in [6.07, 6.45) is 14.1. The molecule has 1 amide bonds. The van der Waals surface area contributed by atoms with Crippen LogP contribution >= 0.6 is 0 Å². The van der Waals surface area contributed by atoms with Gasteiger partial charge in [0.1, 0.15) is 5.60 Å². The fraction of sp³-hybridized carbons (Fsp3) is 0.480. The minimum absolute atomic E-state index is 0.0537. The van der Waals surface area contributed by atoms with Crippen molar-refractivity contribution in [2.45, 2.75) is 65.5 Å². The van der Waals surface area contributed by atoms with Gasteiger partial charge < -0.3 is 25.4 Å². The van der Waals surface area contributed by atoms with Crippen LogP contribution in [0.1, 0.15) is 53.9 Å². The van der Waals surface area contributed by atoms with E-state index in [0.717, 1.165) is 19.8 Å². The number of carbonyl (C=O) groups is 3. The van der Waals surface area contributed by atoms with Crippen molar-refractivity contribution in [2.24, 2.45) is 11.8 Å². The molecule has 0 aromatic heterocycles. The molecule has 0 radical (unpaired) electrons. The van der Waals surface area contributed by atoms with E-state index in [0.29, 0.717) is 5.92 Å². The molecule has 0 unspecified atom stereocenters. The van der Waals surface area contributed by atoms with Gasteiger partial charge in [-0.25, -0.2) is 0 Å². The first-order valence-corrected chi connectivity index (χ1v) is 10.7. The molecule has 2 N–H and O–H groups in total. The number of hydrogen-bond acceptors (Lipinski definition) is 6. The Morgan fingerprint density at radius 3 is 2.47 bits per heavy atom. The third kappa shape index (κ3) is 8.30. The Kier molecular flexibility index (Phi) is 10.3. The van der Waals surface area contributed by atoms with Gasteiger partial charge in [0.05, 0.1) is 17.6 Å². The second kappa shape index (κ2) is 12.2. The van der Waals surface area contributed by atoms with Crippen LogP contribution in [-0.2, 0) is 14.4 Å². The number of aliphatic carboxylic acids is 1. The summed E-state index contributed by atoms with van der Waals surface area (Å²) in [5, 5.41) is 35.4. The maximum Gasteiger partial charge on any atom is 0.254 e. The van der Waals surface area contributed by atoms with Crippen LogP contribution in [-0.4, -0.2) is 34.4 Å². The Morgan fingerprint density at radius 2 is 1.88 bits per heavy atom. The van der Waals surface area contributed by atoms with Crippen molar-refractivity contribution in [3.63, 3.8) is 0 Å². The molecule has 0 bridgehead atoms. The highest BCUT2D eigenvalue weighted by molar-refractivity contribution is 6.27. The van der Waals surface area contributed by atoms with Crippen molar-refractivity contribution >= 4 is 17.7 Å². The van der Waals surface area contributed by atoms with Gasteiger partial charge in [0.2, 0.25) is 0 Å². The molecule has 0 saturated carbocycles. The highest BCUT2D eigenvalue weighted by Crippen LogP contribution is 2.22. The smallest absolute Gasteiger partial charge is 0.254 e. The van der Waals surface area contributed by atoms with Crippen molar-refractivity contribution in [3.05, 3.63) is 59.4 Å². The summed E-state index contributed by atoms with van der Waals surface area (Å²) < 4.78 is 0. The number of carboxylic acid groups (broad SMARTS) is 1. The van der Waals surface area contributed by atoms with E-state index in [1.165, 1.54) is 11.6 Å². The highest BCUT2D eigenvalue weighted by Gasteiger charge is 2.40. The van der Waals surface area contributed by atoms with Gasteiger partial charge in [0, 0.05) is 6.42 Å². The largest absolute Gasteiger partial charge is 0.872 e. The fourth-order valence-electron chi connectivity index (χ4n) is 3.28. The Labute approximate surface area is 189 Å². The lowest BCUT2D eigenvalue weighted by Gasteiger charge is -2.26. The van der Waals surface area contributed by atoms with E-state index < -0.39 is 47.1 Å². The van der Waals surface area contributed by atoms with Crippen LogP contribution in [0.2, 0.25) is 0 Å². The van der Waals surface area contributed by atoms with Gasteiger partial charge in [0.25, 0.3) is 5.91 Å². The van der Waals surface area contributed by atoms with Gasteiger partial charge in [-0.15, -0.1) is 0 Å². The summed E-state index contributed by atoms with van der Waals surface area (Å²) in [6.45, 7) is 9.03. The number of hydrogen-bond donors (Lipinski definition) is 2. The van der Waals surface area contributed by atoms with Gasteiger partial charge in [-0.3, -0.25) is 9.59 Å². The quantitative estimate of drug-likeness (QED) is 0.214. The lowest BCUT2D eigenvalue weighted by atomic mass is 9.93. The molecule has 7 heteroatoms. The SMILES string of the molecule is C/C=C(C)/C=C/C=C/C[C@@H](C)C[C@@H](C)/C=C/C([O-])=C1C(=O)N[C@@H](C[C@@](C)(O)C(=O)[O-])C1=O. The van der Waals surface area contributed by atoms with Gasteiger partial charge in [0.15, 0.2) is 5.78 Å². The Bertz CT molecular complexity index is 860. The molecule has 1 aliphatic rings. The van der Waals surface area contributed by atoms with Crippen LogP contribution in [0.3, 0.4) is 0 Å². The standard InChI is InChI=1S/C25H35NO6/c1-6-16(2)10-8-7-9-11-17(3)14-18(4)12-13-20(27)21-22(28)19(26-23(21)29)15-25(5,32)24(30)31/h6-10,12-13,17-19,27,32H,11,14-15H2,1-5H3,(H,26,29)(H,30,31)/p-2/b9-7+,10-8+,13-12+,16-6+,21-20?/t17-,18+,19+,25-/m1/s1. The van der Waals surface area contributed by atoms with Gasteiger partial charge in [-0.1, -0.05) is 67.7 Å². The Balaban J connectivity index is 2.70. The lowest BCUT2D eigenvalue weighted by Crippen LogP contribution is -2.50. The number of nitrogens with one attached hydrogen (secondary N) is 1. The topological polar surface area (TPSA) is 130 Å². The molecule has 0 spiro atoms. The number of rotatable bonds is 11. The summed E-state index contributed by atoms with van der Waals surface area (Å²) in [5.41, 5.74) is -1.66. The molecule has 4 atom stereocenters. The normalized spacial score (nSPS) is 23.1. The molecular formula is C25H33NO6-2. The van der Waals surface area contributed by atoms with Crippen LogP contribution in [0, 0.1) is 11.8 Å². The van der Waals surface area contributed by atoms with Crippen molar-refractivity contribution in [1.82, 2.24) is 5.32 Å². The Hall–Kier alpha value is -2.93. The molecule has 1 rings (SSSR count). The zero-order chi connectivity index (χ0) is 24.5. The minimum atomic E-state index is -2.30. The van der Waals surface area contributed by atoms with Crippen LogP contribution in [0.4, 0.5) is 0 Å². The molecule has 32 heavy (non-hydrogen) atoms. The first-order chi connectivity index (χ1) is 14.9. The van der Waals surface area contributed by atoms with E-state index in [4.69, 9.17) is 0 Å².